The number of hydrogen-bond donors (Lipinski definition) is 2. The number of halogens is 4. The van der Waals surface area contributed by atoms with E-state index in [2.05, 4.69) is 19.7 Å². The number of hydrogen-bond acceptors (Lipinski definition) is 7. The van der Waals surface area contributed by atoms with Crippen molar-refractivity contribution in [3.05, 3.63) is 89.3 Å². The molecule has 0 aliphatic carbocycles. The van der Waals surface area contributed by atoms with Crippen LogP contribution in [0.1, 0.15) is 11.1 Å². The van der Waals surface area contributed by atoms with Crippen LogP contribution >= 0.6 is 11.9 Å². The van der Waals surface area contributed by atoms with Crippen LogP contribution in [-0.2, 0) is 5.75 Å². The zero-order valence-corrected chi connectivity index (χ0v) is 18.5. The highest BCUT2D eigenvalue weighted by molar-refractivity contribution is 7.99. The van der Waals surface area contributed by atoms with Gasteiger partial charge in [0.1, 0.15) is 11.5 Å². The number of rotatable bonds is 7. The number of aromatic nitrogens is 3. The molecule has 0 aliphatic rings. The fourth-order valence-electron chi connectivity index (χ4n) is 3.04. The van der Waals surface area contributed by atoms with E-state index in [1.54, 1.807) is 25.1 Å². The van der Waals surface area contributed by atoms with E-state index in [1.165, 1.54) is 30.6 Å². The molecule has 0 atom stereocenters. The van der Waals surface area contributed by atoms with Crippen molar-refractivity contribution in [1.82, 2.24) is 15.0 Å². The van der Waals surface area contributed by atoms with Crippen LogP contribution in [-0.4, -0.2) is 15.0 Å². The Hall–Kier alpha value is -3.86. The van der Waals surface area contributed by atoms with E-state index in [-0.39, 0.29) is 23.4 Å². The number of ether oxygens (including phenoxy) is 1. The molecular weight excluding hydrogens is 470 g/mol. The average Bonchev–Trinajstić information content (AvgIpc) is 2.81. The highest BCUT2D eigenvalue weighted by Crippen LogP contribution is 2.36. The van der Waals surface area contributed by atoms with Gasteiger partial charge in [-0.05, 0) is 60.3 Å². The van der Waals surface area contributed by atoms with E-state index in [4.69, 9.17) is 10.5 Å². The molecule has 4 rings (SSSR count). The summed E-state index contributed by atoms with van der Waals surface area (Å²) in [5.74, 6) is -4.86. The fourth-order valence-corrected chi connectivity index (χ4v) is 3.93. The third kappa shape index (κ3) is 5.04. The lowest BCUT2D eigenvalue weighted by molar-refractivity contribution is 0.401. The van der Waals surface area contributed by atoms with Gasteiger partial charge in [0.2, 0.25) is 17.6 Å². The van der Waals surface area contributed by atoms with Crippen LogP contribution in [0.25, 0.3) is 11.3 Å². The van der Waals surface area contributed by atoms with Gasteiger partial charge in [-0.3, -0.25) is 0 Å². The monoisotopic (exact) mass is 487 g/mol. The molecule has 0 aliphatic heterocycles. The van der Waals surface area contributed by atoms with Gasteiger partial charge in [-0.2, -0.15) is 4.39 Å². The van der Waals surface area contributed by atoms with Gasteiger partial charge in [0.15, 0.2) is 17.4 Å². The molecule has 0 bridgehead atoms. The minimum Gasteiger partial charge on any atom is -0.435 e. The first-order valence-electron chi connectivity index (χ1n) is 9.85. The summed E-state index contributed by atoms with van der Waals surface area (Å²) in [6.45, 7) is 1.72. The summed E-state index contributed by atoms with van der Waals surface area (Å²) in [6.07, 6.45) is 2.79. The van der Waals surface area contributed by atoms with Gasteiger partial charge in [-0.15, -0.1) is 0 Å². The highest BCUT2D eigenvalue weighted by Gasteiger charge is 2.22. The van der Waals surface area contributed by atoms with Crippen molar-refractivity contribution in [2.24, 2.45) is 0 Å². The highest BCUT2D eigenvalue weighted by atomic mass is 32.2. The van der Waals surface area contributed by atoms with Gasteiger partial charge in [0, 0.05) is 24.2 Å². The van der Waals surface area contributed by atoms with Crippen LogP contribution in [0, 0.1) is 30.2 Å². The smallest absolute Gasteiger partial charge is 0.228 e. The summed E-state index contributed by atoms with van der Waals surface area (Å²) in [7, 11) is 0. The van der Waals surface area contributed by atoms with E-state index < -0.39 is 28.9 Å². The van der Waals surface area contributed by atoms with E-state index >= 15 is 0 Å². The van der Waals surface area contributed by atoms with Crippen molar-refractivity contribution in [3.8, 4) is 22.9 Å². The first-order chi connectivity index (χ1) is 16.3. The lowest BCUT2D eigenvalue weighted by atomic mass is 10.1. The normalized spacial score (nSPS) is 10.9. The summed E-state index contributed by atoms with van der Waals surface area (Å²) in [5, 5.41) is 0. The quantitative estimate of drug-likeness (QED) is 0.187. The summed E-state index contributed by atoms with van der Waals surface area (Å²) < 4.78 is 65.2. The van der Waals surface area contributed by atoms with Gasteiger partial charge in [0.05, 0.1) is 11.3 Å². The molecule has 174 valence electrons. The van der Waals surface area contributed by atoms with Gasteiger partial charge >= 0.3 is 0 Å². The van der Waals surface area contributed by atoms with Crippen LogP contribution in [0.2, 0.25) is 0 Å². The summed E-state index contributed by atoms with van der Waals surface area (Å²) in [6, 6.07) is 9.63. The minimum absolute atomic E-state index is 0.000620. The van der Waals surface area contributed by atoms with Crippen molar-refractivity contribution in [1.29, 1.82) is 0 Å². The number of nitrogen functional groups attached to an aromatic ring is 1. The maximum atomic E-state index is 14.8. The predicted molar refractivity (Wildman–Crippen MR) is 122 cm³/mol. The average molecular weight is 487 g/mol. The summed E-state index contributed by atoms with van der Waals surface area (Å²) >= 11 is 0.929. The van der Waals surface area contributed by atoms with Gasteiger partial charge in [-0.1, -0.05) is 6.07 Å². The van der Waals surface area contributed by atoms with E-state index in [1.807, 2.05) is 0 Å². The number of anilines is 2. The van der Waals surface area contributed by atoms with Gasteiger partial charge < -0.3 is 15.2 Å². The predicted octanol–water partition coefficient (Wildman–Crippen LogP) is 6.04. The Morgan fingerprint density at radius 2 is 1.82 bits per heavy atom. The van der Waals surface area contributed by atoms with Gasteiger partial charge in [0.25, 0.3) is 0 Å². The maximum Gasteiger partial charge on any atom is 0.228 e. The van der Waals surface area contributed by atoms with Crippen molar-refractivity contribution in [2.45, 2.75) is 12.7 Å². The molecule has 0 saturated heterocycles. The number of pyridine rings is 1. The zero-order valence-electron chi connectivity index (χ0n) is 17.7. The van der Waals surface area contributed by atoms with Crippen molar-refractivity contribution in [3.63, 3.8) is 0 Å². The second-order valence-corrected chi connectivity index (χ2v) is 7.86. The number of nitrogens with one attached hydrogen (secondary N) is 1. The Labute approximate surface area is 196 Å². The van der Waals surface area contributed by atoms with Crippen molar-refractivity contribution >= 4 is 23.6 Å². The molecule has 2 heterocycles. The molecular formula is C23H17F4N5OS. The first kappa shape index (κ1) is 23.3. The minimum atomic E-state index is -1.46. The third-order valence-electron chi connectivity index (χ3n) is 4.76. The van der Waals surface area contributed by atoms with Gasteiger partial charge in [-0.25, -0.2) is 28.1 Å². The molecule has 2 aromatic heterocycles. The Bertz CT molecular complexity index is 1360. The number of nitrogens with two attached hydrogens (primary N) is 1. The van der Waals surface area contributed by atoms with E-state index in [0.717, 1.165) is 23.6 Å². The summed E-state index contributed by atoms with van der Waals surface area (Å²) in [4.78, 5) is 11.9. The topological polar surface area (TPSA) is 86.0 Å². The molecule has 11 heteroatoms. The summed E-state index contributed by atoms with van der Waals surface area (Å²) in [5.41, 5.74) is 7.03. The van der Waals surface area contributed by atoms with Crippen molar-refractivity contribution in [2.75, 3.05) is 10.5 Å². The molecule has 4 aromatic rings. The first-order valence-corrected chi connectivity index (χ1v) is 10.8. The van der Waals surface area contributed by atoms with Crippen LogP contribution < -0.4 is 15.2 Å². The van der Waals surface area contributed by atoms with Crippen LogP contribution in [0.5, 0.6) is 11.6 Å². The molecule has 0 amide bonds. The van der Waals surface area contributed by atoms with Crippen molar-refractivity contribution < 1.29 is 22.3 Å². The van der Waals surface area contributed by atoms with E-state index in [0.29, 0.717) is 16.8 Å². The molecule has 0 spiro atoms. The molecule has 0 unspecified atom stereocenters. The molecule has 2 aromatic carbocycles. The lowest BCUT2D eigenvalue weighted by Crippen LogP contribution is -2.03. The number of aryl methyl sites for hydroxylation is 1. The fraction of sp³-hybridized carbons (Fsp3) is 0.0870. The number of nitrogens with zero attached hydrogens (tertiary/aromatic N) is 3. The molecule has 3 N–H and O–H groups in total. The largest absolute Gasteiger partial charge is 0.435 e. The van der Waals surface area contributed by atoms with Crippen LogP contribution in [0.4, 0.5) is 29.2 Å². The molecule has 0 radical (unpaired) electrons. The molecule has 0 fully saturated rings. The Morgan fingerprint density at radius 3 is 2.59 bits per heavy atom. The maximum absolute atomic E-state index is 14.8. The van der Waals surface area contributed by atoms with E-state index in [9.17, 15) is 17.6 Å². The standard InChI is InChI=1S/C23H17F4N5OS/c1-12-9-14(24)5-4-13(12)11-34-32-21-16(25)10-18(19(26)20(21)27)33-22-15(3-2-7-29-22)17-6-8-30-23(28)31-17/h2-10,32H,11H2,1H3,(H2,28,30,31). The second kappa shape index (κ2) is 9.96. The molecule has 0 saturated carbocycles. The second-order valence-electron chi connectivity index (χ2n) is 7.08. The van der Waals surface area contributed by atoms with Crippen LogP contribution in [0.15, 0.2) is 54.9 Å². The SMILES string of the molecule is Cc1cc(F)ccc1CSNc1c(F)cc(Oc2ncccc2-c2ccnc(N)n2)c(F)c1F. The molecule has 34 heavy (non-hydrogen) atoms. The molecule has 6 nitrogen and oxygen atoms in total. The Balaban J connectivity index is 1.55. The third-order valence-corrected chi connectivity index (χ3v) is 5.56. The lowest BCUT2D eigenvalue weighted by Gasteiger charge is -2.14. The Kier molecular flexibility index (Phi) is 6.82. The number of benzene rings is 2. The Morgan fingerprint density at radius 1 is 1.00 bits per heavy atom. The van der Waals surface area contributed by atoms with Crippen LogP contribution in [0.3, 0.4) is 0 Å². The zero-order chi connectivity index (χ0) is 24.2.